The van der Waals surface area contributed by atoms with Crippen LogP contribution in [0.2, 0.25) is 0 Å². The third-order valence-corrected chi connectivity index (χ3v) is 3.56. The van der Waals surface area contributed by atoms with Gasteiger partial charge in [-0.3, -0.25) is 4.90 Å². The van der Waals surface area contributed by atoms with Crippen LogP contribution in [0, 0.1) is 5.82 Å². The SMILES string of the molecule is CC1CN(Cc2nc(-c3ccc(F)cc3)no2)CC(C)N1. The van der Waals surface area contributed by atoms with Gasteiger partial charge >= 0.3 is 0 Å². The summed E-state index contributed by atoms with van der Waals surface area (Å²) < 4.78 is 18.2. The Bertz CT molecular complexity index is 588. The summed E-state index contributed by atoms with van der Waals surface area (Å²) in [5.41, 5.74) is 0.758. The molecule has 5 nitrogen and oxygen atoms in total. The fraction of sp³-hybridized carbons (Fsp3) is 0.467. The van der Waals surface area contributed by atoms with E-state index in [2.05, 4.69) is 34.2 Å². The van der Waals surface area contributed by atoms with Crippen molar-refractivity contribution >= 4 is 0 Å². The van der Waals surface area contributed by atoms with E-state index in [1.165, 1.54) is 12.1 Å². The van der Waals surface area contributed by atoms with Crippen LogP contribution in [0.15, 0.2) is 28.8 Å². The number of halogens is 1. The molecule has 0 aliphatic carbocycles. The van der Waals surface area contributed by atoms with Crippen LogP contribution in [0.5, 0.6) is 0 Å². The third kappa shape index (κ3) is 3.46. The Morgan fingerprint density at radius 2 is 1.90 bits per heavy atom. The zero-order chi connectivity index (χ0) is 14.8. The summed E-state index contributed by atoms with van der Waals surface area (Å²) >= 11 is 0. The van der Waals surface area contributed by atoms with Crippen molar-refractivity contribution in [2.24, 2.45) is 0 Å². The quantitative estimate of drug-likeness (QED) is 0.937. The highest BCUT2D eigenvalue weighted by atomic mass is 19.1. The molecule has 21 heavy (non-hydrogen) atoms. The maximum Gasteiger partial charge on any atom is 0.241 e. The molecule has 2 unspecified atom stereocenters. The molecule has 0 bridgehead atoms. The number of nitrogens with one attached hydrogen (secondary N) is 1. The minimum absolute atomic E-state index is 0.272. The third-order valence-electron chi connectivity index (χ3n) is 3.56. The Morgan fingerprint density at radius 1 is 1.24 bits per heavy atom. The molecule has 2 heterocycles. The van der Waals surface area contributed by atoms with Crippen molar-refractivity contribution in [3.8, 4) is 11.4 Å². The molecule has 1 aromatic carbocycles. The first-order valence-corrected chi connectivity index (χ1v) is 7.17. The minimum atomic E-state index is -0.272. The molecule has 1 aliphatic rings. The fourth-order valence-corrected chi connectivity index (χ4v) is 2.80. The van der Waals surface area contributed by atoms with Gasteiger partial charge in [-0.1, -0.05) is 5.16 Å². The second kappa shape index (κ2) is 5.91. The van der Waals surface area contributed by atoms with Crippen molar-refractivity contribution in [1.82, 2.24) is 20.4 Å². The molecule has 1 aromatic heterocycles. The molecule has 1 fully saturated rings. The zero-order valence-electron chi connectivity index (χ0n) is 12.2. The van der Waals surface area contributed by atoms with Crippen molar-refractivity contribution in [3.63, 3.8) is 0 Å². The molecule has 2 atom stereocenters. The number of piperazine rings is 1. The predicted molar refractivity (Wildman–Crippen MR) is 77.0 cm³/mol. The predicted octanol–water partition coefficient (Wildman–Crippen LogP) is 2.06. The molecule has 0 spiro atoms. The first kappa shape index (κ1) is 14.2. The van der Waals surface area contributed by atoms with Gasteiger partial charge in [0.1, 0.15) is 5.82 Å². The molecule has 6 heteroatoms. The Kier molecular flexibility index (Phi) is 3.98. The number of hydrogen-bond donors (Lipinski definition) is 1. The van der Waals surface area contributed by atoms with Gasteiger partial charge in [-0.15, -0.1) is 0 Å². The van der Waals surface area contributed by atoms with Crippen LogP contribution in [-0.2, 0) is 6.54 Å². The van der Waals surface area contributed by atoms with Gasteiger partial charge in [0.2, 0.25) is 11.7 Å². The molecular weight excluding hydrogens is 271 g/mol. The second-order valence-electron chi connectivity index (χ2n) is 5.68. The van der Waals surface area contributed by atoms with Gasteiger partial charge in [-0.25, -0.2) is 4.39 Å². The Morgan fingerprint density at radius 3 is 2.57 bits per heavy atom. The van der Waals surface area contributed by atoms with Gasteiger partial charge in [0.25, 0.3) is 0 Å². The number of rotatable bonds is 3. The van der Waals surface area contributed by atoms with E-state index >= 15 is 0 Å². The minimum Gasteiger partial charge on any atom is -0.338 e. The van der Waals surface area contributed by atoms with Crippen LogP contribution >= 0.6 is 0 Å². The van der Waals surface area contributed by atoms with E-state index in [0.29, 0.717) is 30.3 Å². The maximum absolute atomic E-state index is 12.9. The number of hydrogen-bond acceptors (Lipinski definition) is 5. The topological polar surface area (TPSA) is 54.2 Å². The van der Waals surface area contributed by atoms with E-state index < -0.39 is 0 Å². The van der Waals surface area contributed by atoms with E-state index in [-0.39, 0.29) is 5.82 Å². The molecule has 1 aliphatic heterocycles. The lowest BCUT2D eigenvalue weighted by Crippen LogP contribution is -2.53. The van der Waals surface area contributed by atoms with Crippen molar-refractivity contribution in [3.05, 3.63) is 36.0 Å². The van der Waals surface area contributed by atoms with Crippen molar-refractivity contribution in [2.45, 2.75) is 32.5 Å². The van der Waals surface area contributed by atoms with Crippen LogP contribution in [0.3, 0.4) is 0 Å². The van der Waals surface area contributed by atoms with Crippen LogP contribution in [0.25, 0.3) is 11.4 Å². The normalized spacial score (nSPS) is 23.4. The van der Waals surface area contributed by atoms with Gasteiger partial charge in [-0.2, -0.15) is 4.98 Å². The molecule has 0 amide bonds. The van der Waals surface area contributed by atoms with Gasteiger partial charge in [0.05, 0.1) is 6.54 Å². The maximum atomic E-state index is 12.9. The monoisotopic (exact) mass is 290 g/mol. The lowest BCUT2D eigenvalue weighted by molar-refractivity contribution is 0.149. The van der Waals surface area contributed by atoms with Crippen LogP contribution in [-0.4, -0.2) is 40.2 Å². The van der Waals surface area contributed by atoms with Gasteiger partial charge < -0.3 is 9.84 Å². The van der Waals surface area contributed by atoms with E-state index in [9.17, 15) is 4.39 Å². The number of aromatic nitrogens is 2. The standard InChI is InChI=1S/C15H19FN4O/c1-10-7-20(8-11(2)17-10)9-14-18-15(19-21-14)12-3-5-13(16)6-4-12/h3-6,10-11,17H,7-9H2,1-2H3. The van der Waals surface area contributed by atoms with Crippen molar-refractivity contribution in [1.29, 1.82) is 0 Å². The number of nitrogens with zero attached hydrogens (tertiary/aromatic N) is 3. The van der Waals surface area contributed by atoms with Gasteiger partial charge in [0, 0.05) is 30.7 Å². The molecule has 112 valence electrons. The van der Waals surface area contributed by atoms with Crippen LogP contribution < -0.4 is 5.32 Å². The fourth-order valence-electron chi connectivity index (χ4n) is 2.80. The van der Waals surface area contributed by atoms with E-state index in [1.807, 2.05) is 0 Å². The van der Waals surface area contributed by atoms with Crippen molar-refractivity contribution in [2.75, 3.05) is 13.1 Å². The average Bonchev–Trinajstić information content (AvgIpc) is 2.87. The average molecular weight is 290 g/mol. The summed E-state index contributed by atoms with van der Waals surface area (Å²) in [5.74, 6) is 0.822. The smallest absolute Gasteiger partial charge is 0.241 e. The summed E-state index contributed by atoms with van der Waals surface area (Å²) in [4.78, 5) is 6.69. The molecular formula is C15H19FN4O. The lowest BCUT2D eigenvalue weighted by atomic mass is 10.1. The van der Waals surface area contributed by atoms with Crippen LogP contribution in [0.1, 0.15) is 19.7 Å². The Balaban J connectivity index is 1.69. The Labute approximate surface area is 123 Å². The highest BCUT2D eigenvalue weighted by molar-refractivity contribution is 5.53. The summed E-state index contributed by atoms with van der Waals surface area (Å²) in [6.07, 6.45) is 0. The van der Waals surface area contributed by atoms with E-state index in [1.54, 1.807) is 12.1 Å². The molecule has 0 saturated carbocycles. The van der Waals surface area contributed by atoms with Crippen LogP contribution in [0.4, 0.5) is 4.39 Å². The van der Waals surface area contributed by atoms with Crippen molar-refractivity contribution < 1.29 is 8.91 Å². The Hall–Kier alpha value is -1.79. The van der Waals surface area contributed by atoms with E-state index in [0.717, 1.165) is 18.7 Å². The lowest BCUT2D eigenvalue weighted by Gasteiger charge is -2.35. The largest absolute Gasteiger partial charge is 0.338 e. The highest BCUT2D eigenvalue weighted by Crippen LogP contribution is 2.17. The van der Waals surface area contributed by atoms with Gasteiger partial charge in [0.15, 0.2) is 0 Å². The first-order valence-electron chi connectivity index (χ1n) is 7.17. The molecule has 0 radical (unpaired) electrons. The first-order chi connectivity index (χ1) is 10.1. The zero-order valence-corrected chi connectivity index (χ0v) is 12.2. The summed E-state index contributed by atoms with van der Waals surface area (Å²) in [5, 5.41) is 7.46. The van der Waals surface area contributed by atoms with E-state index in [4.69, 9.17) is 4.52 Å². The second-order valence-corrected chi connectivity index (χ2v) is 5.68. The summed E-state index contributed by atoms with van der Waals surface area (Å²) in [6.45, 7) is 6.89. The van der Waals surface area contributed by atoms with Gasteiger partial charge in [-0.05, 0) is 38.1 Å². The summed E-state index contributed by atoms with van der Waals surface area (Å²) in [6, 6.07) is 7.00. The number of benzene rings is 1. The molecule has 2 aromatic rings. The molecule has 1 N–H and O–H groups in total. The summed E-state index contributed by atoms with van der Waals surface area (Å²) in [7, 11) is 0. The highest BCUT2D eigenvalue weighted by Gasteiger charge is 2.22. The molecule has 1 saturated heterocycles. The molecule has 3 rings (SSSR count).